The lowest BCUT2D eigenvalue weighted by Gasteiger charge is -2.38. The van der Waals surface area contributed by atoms with E-state index in [0.717, 1.165) is 30.2 Å². The fourth-order valence-corrected chi connectivity index (χ4v) is 4.22. The number of aliphatic carboxylic acids is 1. The van der Waals surface area contributed by atoms with Crippen molar-refractivity contribution in [3.8, 4) is 11.5 Å². The lowest BCUT2D eigenvalue weighted by molar-refractivity contribution is -0.143. The minimum atomic E-state index is -0.697. The Balaban J connectivity index is 2.10. The number of nitrogens with zero attached hydrogens (tertiary/aromatic N) is 1. The van der Waals surface area contributed by atoms with Gasteiger partial charge in [0.05, 0.1) is 31.7 Å². The molecule has 0 amide bonds. The highest BCUT2D eigenvalue weighted by Gasteiger charge is 2.33. The summed E-state index contributed by atoms with van der Waals surface area (Å²) in [6.45, 7) is 5.65. The van der Waals surface area contributed by atoms with Crippen LogP contribution in [-0.4, -0.2) is 43.3 Å². The minimum Gasteiger partial charge on any atom is -0.496 e. The number of methoxy groups -OCH3 is 2. The molecular formula is C23H29NO4. The molecule has 3 rings (SSSR count). The van der Waals surface area contributed by atoms with Crippen LogP contribution in [0.2, 0.25) is 0 Å². The van der Waals surface area contributed by atoms with Gasteiger partial charge in [-0.15, -0.1) is 0 Å². The fourth-order valence-electron chi connectivity index (χ4n) is 4.22. The van der Waals surface area contributed by atoms with Gasteiger partial charge in [-0.3, -0.25) is 9.69 Å². The largest absolute Gasteiger partial charge is 0.496 e. The maximum absolute atomic E-state index is 11.4. The average molecular weight is 383 g/mol. The summed E-state index contributed by atoms with van der Waals surface area (Å²) < 4.78 is 11.4. The summed E-state index contributed by atoms with van der Waals surface area (Å²) in [6.07, 6.45) is 1.29. The fraction of sp³-hybridized carbons (Fsp3) is 0.435. The molecule has 1 N–H and O–H groups in total. The van der Waals surface area contributed by atoms with Crippen LogP contribution < -0.4 is 9.47 Å². The maximum Gasteiger partial charge on any atom is 0.306 e. The van der Waals surface area contributed by atoms with Gasteiger partial charge in [-0.05, 0) is 63.0 Å². The minimum absolute atomic E-state index is 0.0542. The molecule has 0 bridgehead atoms. The molecule has 2 aromatic carbocycles. The smallest absolute Gasteiger partial charge is 0.306 e. The molecule has 0 aliphatic carbocycles. The number of hydrogen-bond acceptors (Lipinski definition) is 4. The van der Waals surface area contributed by atoms with E-state index in [-0.39, 0.29) is 12.0 Å². The van der Waals surface area contributed by atoms with E-state index < -0.39 is 5.97 Å². The first-order valence-corrected chi connectivity index (χ1v) is 9.71. The highest BCUT2D eigenvalue weighted by molar-refractivity contribution is 5.70. The molecule has 0 saturated carbocycles. The van der Waals surface area contributed by atoms with E-state index in [0.29, 0.717) is 12.8 Å². The topological polar surface area (TPSA) is 59.0 Å². The van der Waals surface area contributed by atoms with Gasteiger partial charge < -0.3 is 14.6 Å². The van der Waals surface area contributed by atoms with Gasteiger partial charge in [0, 0.05) is 0 Å². The Kier molecular flexibility index (Phi) is 6.25. The summed E-state index contributed by atoms with van der Waals surface area (Å²) in [5, 5.41) is 9.38. The van der Waals surface area contributed by atoms with Crippen molar-refractivity contribution in [2.45, 2.75) is 32.7 Å². The molecule has 1 aliphatic rings. The van der Waals surface area contributed by atoms with E-state index in [1.54, 1.807) is 14.2 Å². The zero-order valence-corrected chi connectivity index (χ0v) is 17.1. The number of ether oxygens (including phenoxy) is 2. The number of aryl methyl sites for hydroxylation is 2. The summed E-state index contributed by atoms with van der Waals surface area (Å²) in [5.74, 6) is 0.600. The standard InChI is InChI=1S/C23H29NO4/c1-15-8-9-18(16(2)14-15)22(24-12-10-17(11-13-24)23(25)26)21-19(27-3)6-5-7-20(21)28-4/h5-9,14,17,22H,10-13H2,1-4H3,(H,25,26). The van der Waals surface area contributed by atoms with Crippen LogP contribution in [0, 0.1) is 19.8 Å². The zero-order chi connectivity index (χ0) is 20.3. The molecule has 0 radical (unpaired) electrons. The van der Waals surface area contributed by atoms with E-state index in [1.807, 2.05) is 18.2 Å². The SMILES string of the molecule is COc1cccc(OC)c1C(c1ccc(C)cc1C)N1CCC(C(=O)O)CC1. The predicted octanol–water partition coefficient (Wildman–Crippen LogP) is 4.21. The van der Waals surface area contributed by atoms with Crippen LogP contribution in [0.5, 0.6) is 11.5 Å². The molecule has 2 aromatic rings. The van der Waals surface area contributed by atoms with Gasteiger partial charge >= 0.3 is 5.97 Å². The van der Waals surface area contributed by atoms with Crippen molar-refractivity contribution in [1.82, 2.24) is 4.90 Å². The number of benzene rings is 2. The average Bonchev–Trinajstić information content (AvgIpc) is 2.70. The number of likely N-dealkylation sites (tertiary alicyclic amines) is 1. The second kappa shape index (κ2) is 8.65. The van der Waals surface area contributed by atoms with Gasteiger partial charge in [-0.1, -0.05) is 29.8 Å². The van der Waals surface area contributed by atoms with Crippen molar-refractivity contribution in [2.75, 3.05) is 27.3 Å². The van der Waals surface area contributed by atoms with Gasteiger partial charge in [0.1, 0.15) is 11.5 Å². The quantitative estimate of drug-likeness (QED) is 0.810. The molecule has 1 fully saturated rings. The van der Waals surface area contributed by atoms with Crippen LogP contribution in [0.4, 0.5) is 0 Å². The lowest BCUT2D eigenvalue weighted by atomic mass is 9.88. The van der Waals surface area contributed by atoms with E-state index in [4.69, 9.17) is 9.47 Å². The Labute approximate surface area is 166 Å². The Bertz CT molecular complexity index is 818. The molecule has 1 heterocycles. The molecule has 0 spiro atoms. The van der Waals surface area contributed by atoms with Gasteiger partial charge in [0.15, 0.2) is 0 Å². The Morgan fingerprint density at radius 2 is 1.68 bits per heavy atom. The van der Waals surface area contributed by atoms with Crippen LogP contribution in [0.15, 0.2) is 36.4 Å². The molecule has 1 unspecified atom stereocenters. The molecule has 1 atom stereocenters. The molecule has 1 saturated heterocycles. The molecule has 5 heteroatoms. The number of piperidine rings is 1. The third kappa shape index (κ3) is 3.99. The van der Waals surface area contributed by atoms with Crippen molar-refractivity contribution in [2.24, 2.45) is 5.92 Å². The lowest BCUT2D eigenvalue weighted by Crippen LogP contribution is -2.39. The number of carbonyl (C=O) groups is 1. The molecule has 5 nitrogen and oxygen atoms in total. The molecule has 0 aromatic heterocycles. The third-order valence-corrected chi connectivity index (χ3v) is 5.70. The monoisotopic (exact) mass is 383 g/mol. The highest BCUT2D eigenvalue weighted by atomic mass is 16.5. The van der Waals surface area contributed by atoms with E-state index in [1.165, 1.54) is 16.7 Å². The van der Waals surface area contributed by atoms with E-state index in [2.05, 4.69) is 36.9 Å². The Morgan fingerprint density at radius 3 is 2.18 bits per heavy atom. The van der Waals surface area contributed by atoms with Gasteiger partial charge in [0.2, 0.25) is 0 Å². The van der Waals surface area contributed by atoms with Crippen LogP contribution in [0.1, 0.15) is 41.1 Å². The number of carboxylic acid groups (broad SMARTS) is 1. The first-order valence-electron chi connectivity index (χ1n) is 9.71. The van der Waals surface area contributed by atoms with Crippen molar-refractivity contribution in [1.29, 1.82) is 0 Å². The summed E-state index contributed by atoms with van der Waals surface area (Å²) >= 11 is 0. The Morgan fingerprint density at radius 1 is 1.07 bits per heavy atom. The predicted molar refractivity (Wildman–Crippen MR) is 109 cm³/mol. The second-order valence-corrected chi connectivity index (χ2v) is 7.49. The van der Waals surface area contributed by atoms with Gasteiger partial charge in [-0.25, -0.2) is 0 Å². The van der Waals surface area contributed by atoms with Crippen LogP contribution in [0.25, 0.3) is 0 Å². The first-order chi connectivity index (χ1) is 13.5. The van der Waals surface area contributed by atoms with Gasteiger partial charge in [0.25, 0.3) is 0 Å². The van der Waals surface area contributed by atoms with Crippen molar-refractivity contribution < 1.29 is 19.4 Å². The number of hydrogen-bond donors (Lipinski definition) is 1. The van der Waals surface area contributed by atoms with E-state index in [9.17, 15) is 9.90 Å². The van der Waals surface area contributed by atoms with Crippen molar-refractivity contribution >= 4 is 5.97 Å². The maximum atomic E-state index is 11.4. The number of rotatable bonds is 6. The van der Waals surface area contributed by atoms with Crippen molar-refractivity contribution in [3.63, 3.8) is 0 Å². The van der Waals surface area contributed by atoms with Crippen LogP contribution >= 0.6 is 0 Å². The molecule has 1 aliphatic heterocycles. The summed E-state index contributed by atoms with van der Waals surface area (Å²) in [5.41, 5.74) is 4.62. The molecule has 150 valence electrons. The summed E-state index contributed by atoms with van der Waals surface area (Å²) in [6, 6.07) is 12.3. The van der Waals surface area contributed by atoms with Gasteiger partial charge in [-0.2, -0.15) is 0 Å². The molecule has 28 heavy (non-hydrogen) atoms. The normalized spacial score (nSPS) is 16.6. The second-order valence-electron chi connectivity index (χ2n) is 7.49. The molecular weight excluding hydrogens is 354 g/mol. The first kappa shape index (κ1) is 20.2. The van der Waals surface area contributed by atoms with E-state index >= 15 is 0 Å². The van der Waals surface area contributed by atoms with Crippen LogP contribution in [0.3, 0.4) is 0 Å². The summed E-state index contributed by atoms with van der Waals surface area (Å²) in [7, 11) is 3.35. The van der Waals surface area contributed by atoms with Crippen molar-refractivity contribution in [3.05, 3.63) is 58.7 Å². The zero-order valence-electron chi connectivity index (χ0n) is 17.1. The third-order valence-electron chi connectivity index (χ3n) is 5.70. The number of carboxylic acids is 1. The highest BCUT2D eigenvalue weighted by Crippen LogP contribution is 2.43. The van der Waals surface area contributed by atoms with Crippen LogP contribution in [-0.2, 0) is 4.79 Å². The Hall–Kier alpha value is -2.53. The summed E-state index contributed by atoms with van der Waals surface area (Å²) in [4.78, 5) is 13.8.